The number of benzene rings is 1. The third kappa shape index (κ3) is 3.94. The van der Waals surface area contributed by atoms with E-state index in [9.17, 15) is 0 Å². The number of aryl methyl sites for hydroxylation is 2. The first-order chi connectivity index (χ1) is 9.99. The van der Waals surface area contributed by atoms with Crippen LogP contribution in [-0.4, -0.2) is 22.6 Å². The molecule has 2 rings (SSSR count). The van der Waals surface area contributed by atoms with Crippen molar-refractivity contribution in [2.75, 3.05) is 16.8 Å². The second-order valence-corrected chi connectivity index (χ2v) is 5.57. The second kappa shape index (κ2) is 6.57. The molecule has 0 spiro atoms. The predicted molar refractivity (Wildman–Crippen MR) is 89.4 cm³/mol. The zero-order valence-corrected chi connectivity index (χ0v) is 13.5. The van der Waals surface area contributed by atoms with Crippen molar-refractivity contribution in [1.29, 1.82) is 0 Å². The molecule has 0 aliphatic carbocycles. The fourth-order valence-corrected chi connectivity index (χ4v) is 2.29. The summed E-state index contributed by atoms with van der Waals surface area (Å²) in [7, 11) is 0. The summed E-state index contributed by atoms with van der Waals surface area (Å²) in [4.78, 5) is 11.3. The maximum atomic E-state index is 4.65. The zero-order chi connectivity index (χ0) is 15.4. The van der Waals surface area contributed by atoms with Gasteiger partial charge in [-0.15, -0.1) is 0 Å². The Hall–Kier alpha value is -2.10. The van der Waals surface area contributed by atoms with Crippen molar-refractivity contribution in [3.8, 4) is 0 Å². The summed E-state index contributed by atoms with van der Waals surface area (Å²) >= 11 is 0. The molecule has 1 aromatic heterocycles. The SMILES string of the molecule is CCN(c1cccc(C)c1)c1cc(C)nc(NC(C)C)n1. The maximum Gasteiger partial charge on any atom is 0.225 e. The Labute approximate surface area is 127 Å². The molecule has 0 atom stereocenters. The van der Waals surface area contributed by atoms with Gasteiger partial charge in [-0.1, -0.05) is 12.1 Å². The van der Waals surface area contributed by atoms with Gasteiger partial charge in [-0.05, 0) is 52.3 Å². The van der Waals surface area contributed by atoms with E-state index in [-0.39, 0.29) is 0 Å². The molecule has 0 saturated heterocycles. The lowest BCUT2D eigenvalue weighted by atomic mass is 10.2. The van der Waals surface area contributed by atoms with Crippen LogP contribution >= 0.6 is 0 Å². The number of nitrogens with one attached hydrogen (secondary N) is 1. The topological polar surface area (TPSA) is 41.1 Å². The van der Waals surface area contributed by atoms with Crippen LogP contribution in [0.2, 0.25) is 0 Å². The average Bonchev–Trinajstić information content (AvgIpc) is 2.38. The number of anilines is 3. The minimum atomic E-state index is 0.314. The van der Waals surface area contributed by atoms with E-state index in [2.05, 4.69) is 72.1 Å². The molecule has 4 heteroatoms. The van der Waals surface area contributed by atoms with Gasteiger partial charge in [0.25, 0.3) is 0 Å². The zero-order valence-electron chi connectivity index (χ0n) is 13.5. The molecule has 21 heavy (non-hydrogen) atoms. The van der Waals surface area contributed by atoms with E-state index < -0.39 is 0 Å². The summed E-state index contributed by atoms with van der Waals surface area (Å²) in [6.45, 7) is 11.3. The Morgan fingerprint density at radius 1 is 1.14 bits per heavy atom. The Morgan fingerprint density at radius 2 is 1.90 bits per heavy atom. The summed E-state index contributed by atoms with van der Waals surface area (Å²) in [5, 5.41) is 3.28. The normalized spacial score (nSPS) is 10.8. The first kappa shape index (κ1) is 15.3. The van der Waals surface area contributed by atoms with Crippen LogP contribution in [0, 0.1) is 13.8 Å². The number of aromatic nitrogens is 2. The predicted octanol–water partition coefficient (Wildman–Crippen LogP) is 4.07. The minimum absolute atomic E-state index is 0.314. The van der Waals surface area contributed by atoms with Gasteiger partial charge in [0.2, 0.25) is 5.95 Å². The molecule has 1 aromatic carbocycles. The van der Waals surface area contributed by atoms with Crippen molar-refractivity contribution in [3.63, 3.8) is 0 Å². The average molecular weight is 284 g/mol. The lowest BCUT2D eigenvalue weighted by molar-refractivity contribution is 0.864. The van der Waals surface area contributed by atoms with Crippen LogP contribution in [0.1, 0.15) is 32.0 Å². The summed E-state index contributed by atoms with van der Waals surface area (Å²) in [6.07, 6.45) is 0. The molecule has 2 aromatic rings. The van der Waals surface area contributed by atoms with Gasteiger partial charge in [0.05, 0.1) is 0 Å². The van der Waals surface area contributed by atoms with Gasteiger partial charge in [0.15, 0.2) is 0 Å². The lowest BCUT2D eigenvalue weighted by Gasteiger charge is -2.23. The Kier molecular flexibility index (Phi) is 4.78. The van der Waals surface area contributed by atoms with E-state index >= 15 is 0 Å². The molecule has 0 aliphatic rings. The van der Waals surface area contributed by atoms with Gasteiger partial charge in [-0.25, -0.2) is 4.98 Å². The van der Waals surface area contributed by atoms with Gasteiger partial charge in [0.1, 0.15) is 5.82 Å². The summed E-state index contributed by atoms with van der Waals surface area (Å²) < 4.78 is 0. The molecule has 0 bridgehead atoms. The van der Waals surface area contributed by atoms with Crippen molar-refractivity contribution in [2.45, 2.75) is 40.7 Å². The molecular formula is C17H24N4. The standard InChI is InChI=1S/C17H24N4/c1-6-21(15-9-7-8-13(4)10-15)16-11-14(5)19-17(20-16)18-12(2)3/h7-12H,6H2,1-5H3,(H,18,19,20). The smallest absolute Gasteiger partial charge is 0.225 e. The van der Waals surface area contributed by atoms with Crippen LogP contribution < -0.4 is 10.2 Å². The first-order valence-corrected chi connectivity index (χ1v) is 7.46. The molecule has 0 fully saturated rings. The molecular weight excluding hydrogens is 260 g/mol. The van der Waals surface area contributed by atoms with Gasteiger partial charge < -0.3 is 10.2 Å². The number of nitrogens with zero attached hydrogens (tertiary/aromatic N) is 3. The minimum Gasteiger partial charge on any atom is -0.352 e. The Balaban J connectivity index is 2.40. The fraction of sp³-hybridized carbons (Fsp3) is 0.412. The molecule has 0 amide bonds. The van der Waals surface area contributed by atoms with E-state index in [1.807, 2.05) is 13.0 Å². The molecule has 0 saturated carbocycles. The Morgan fingerprint density at radius 3 is 2.52 bits per heavy atom. The van der Waals surface area contributed by atoms with Gasteiger partial charge >= 0.3 is 0 Å². The van der Waals surface area contributed by atoms with E-state index in [1.165, 1.54) is 5.56 Å². The van der Waals surface area contributed by atoms with Crippen molar-refractivity contribution in [2.24, 2.45) is 0 Å². The fourth-order valence-electron chi connectivity index (χ4n) is 2.29. The van der Waals surface area contributed by atoms with E-state index in [0.29, 0.717) is 12.0 Å². The summed E-state index contributed by atoms with van der Waals surface area (Å²) in [5.41, 5.74) is 3.37. The van der Waals surface area contributed by atoms with E-state index in [1.54, 1.807) is 0 Å². The summed E-state index contributed by atoms with van der Waals surface area (Å²) in [6, 6.07) is 10.8. The third-order valence-electron chi connectivity index (χ3n) is 3.16. The van der Waals surface area contributed by atoms with Crippen LogP contribution in [-0.2, 0) is 0 Å². The molecule has 112 valence electrons. The molecule has 0 radical (unpaired) electrons. The highest BCUT2D eigenvalue weighted by atomic mass is 15.2. The van der Waals surface area contributed by atoms with Crippen LogP contribution in [0.25, 0.3) is 0 Å². The van der Waals surface area contributed by atoms with Crippen LogP contribution in [0.5, 0.6) is 0 Å². The van der Waals surface area contributed by atoms with Crippen LogP contribution in [0.3, 0.4) is 0 Å². The molecule has 0 unspecified atom stereocenters. The van der Waals surface area contributed by atoms with Crippen LogP contribution in [0.4, 0.5) is 17.5 Å². The lowest BCUT2D eigenvalue weighted by Crippen LogP contribution is -2.20. The summed E-state index contributed by atoms with van der Waals surface area (Å²) in [5.74, 6) is 1.62. The highest BCUT2D eigenvalue weighted by Gasteiger charge is 2.11. The maximum absolute atomic E-state index is 4.65. The van der Waals surface area contributed by atoms with Gasteiger partial charge in [0, 0.05) is 30.0 Å². The van der Waals surface area contributed by atoms with Crippen LogP contribution in [0.15, 0.2) is 30.3 Å². The van der Waals surface area contributed by atoms with Gasteiger partial charge in [-0.2, -0.15) is 4.98 Å². The van der Waals surface area contributed by atoms with E-state index in [4.69, 9.17) is 0 Å². The third-order valence-corrected chi connectivity index (χ3v) is 3.16. The van der Waals surface area contributed by atoms with Crippen molar-refractivity contribution in [1.82, 2.24) is 9.97 Å². The van der Waals surface area contributed by atoms with E-state index in [0.717, 1.165) is 23.7 Å². The number of hydrogen-bond acceptors (Lipinski definition) is 4. The number of rotatable bonds is 5. The first-order valence-electron chi connectivity index (χ1n) is 7.46. The molecule has 1 heterocycles. The van der Waals surface area contributed by atoms with Crippen molar-refractivity contribution >= 4 is 17.5 Å². The highest BCUT2D eigenvalue weighted by molar-refractivity contribution is 5.61. The van der Waals surface area contributed by atoms with Crippen molar-refractivity contribution in [3.05, 3.63) is 41.6 Å². The molecule has 4 nitrogen and oxygen atoms in total. The highest BCUT2D eigenvalue weighted by Crippen LogP contribution is 2.25. The molecule has 1 N–H and O–H groups in total. The molecule has 0 aliphatic heterocycles. The second-order valence-electron chi connectivity index (χ2n) is 5.57. The van der Waals surface area contributed by atoms with Gasteiger partial charge in [-0.3, -0.25) is 0 Å². The largest absolute Gasteiger partial charge is 0.352 e. The number of hydrogen-bond donors (Lipinski definition) is 1. The Bertz CT molecular complexity index is 607. The van der Waals surface area contributed by atoms with Crippen molar-refractivity contribution < 1.29 is 0 Å². The monoisotopic (exact) mass is 284 g/mol. The quantitative estimate of drug-likeness (QED) is 0.898.